The topological polar surface area (TPSA) is 120 Å². The van der Waals surface area contributed by atoms with Gasteiger partial charge in [0, 0.05) is 35.9 Å². The Hall–Kier alpha value is -4.58. The largest absolute Gasteiger partial charge is 0.463 e. The number of carbonyl (C=O) groups excluding carboxylic acids is 1. The molecule has 1 aliphatic rings. The van der Waals surface area contributed by atoms with Crippen LogP contribution in [-0.4, -0.2) is 23.3 Å². The van der Waals surface area contributed by atoms with Crippen LogP contribution in [0.2, 0.25) is 0 Å². The number of benzene rings is 2. The average molecular weight is 471 g/mol. The molecule has 3 aromatic rings. The normalized spacial score (nSPS) is 16.4. The molecule has 4 rings (SSSR count). The second-order valence-electron chi connectivity index (χ2n) is 7.93. The minimum atomic E-state index is -1.79. The number of ether oxygens (including phenoxy) is 1. The van der Waals surface area contributed by atoms with E-state index in [4.69, 9.17) is 4.74 Å². The number of para-hydroxylation sites is 1. The molecular weight excluding hydrogens is 449 g/mol. The van der Waals surface area contributed by atoms with Crippen LogP contribution in [0, 0.1) is 11.3 Å². The van der Waals surface area contributed by atoms with E-state index in [9.17, 15) is 19.2 Å². The highest BCUT2D eigenvalue weighted by molar-refractivity contribution is 5.94. The minimum absolute atomic E-state index is 0.0363. The second kappa shape index (κ2) is 10.6. The van der Waals surface area contributed by atoms with Gasteiger partial charge in [-0.3, -0.25) is 9.59 Å². The standard InChI is InChI=1S/C26H22FN5O3/c27-17-35-23-6-2-1-4-21(23)14-30-25(34)26(16-28)22(15-31-32-26)13-19-9-7-18(8-10-19)12-20-5-3-11-29-24(20)33/h1-11,15H,12-14,17H2,(H,29,33)(H,30,34). The molecule has 1 atom stereocenters. The molecule has 9 heteroatoms. The van der Waals surface area contributed by atoms with Crippen molar-refractivity contribution in [3.63, 3.8) is 0 Å². The zero-order valence-electron chi connectivity index (χ0n) is 18.7. The van der Waals surface area contributed by atoms with Crippen LogP contribution in [0.25, 0.3) is 0 Å². The summed E-state index contributed by atoms with van der Waals surface area (Å²) in [6, 6.07) is 19.9. The number of carbonyl (C=O) groups is 1. The van der Waals surface area contributed by atoms with Crippen molar-refractivity contribution in [1.82, 2.24) is 10.3 Å². The number of H-pyrrole nitrogens is 1. The number of hydrogen-bond donors (Lipinski definition) is 2. The van der Waals surface area contributed by atoms with Gasteiger partial charge in [0.15, 0.2) is 0 Å². The average Bonchev–Trinajstić information content (AvgIpc) is 3.29. The number of rotatable bonds is 9. The Balaban J connectivity index is 1.44. The molecule has 0 fully saturated rings. The number of nitrogens with zero attached hydrogens (tertiary/aromatic N) is 3. The summed E-state index contributed by atoms with van der Waals surface area (Å²) >= 11 is 0. The number of hydrogen-bond acceptors (Lipinski definition) is 6. The van der Waals surface area contributed by atoms with Crippen LogP contribution in [0.3, 0.4) is 0 Å². The molecule has 35 heavy (non-hydrogen) atoms. The second-order valence-corrected chi connectivity index (χ2v) is 7.93. The molecule has 1 amide bonds. The van der Waals surface area contributed by atoms with Gasteiger partial charge < -0.3 is 15.0 Å². The summed E-state index contributed by atoms with van der Waals surface area (Å²) in [5.41, 5.74) is 1.58. The number of aromatic nitrogens is 1. The summed E-state index contributed by atoms with van der Waals surface area (Å²) in [7, 11) is 0. The first-order valence-electron chi connectivity index (χ1n) is 10.9. The lowest BCUT2D eigenvalue weighted by Crippen LogP contribution is -2.45. The highest BCUT2D eigenvalue weighted by atomic mass is 19.1. The van der Waals surface area contributed by atoms with E-state index in [1.54, 1.807) is 42.6 Å². The van der Waals surface area contributed by atoms with Gasteiger partial charge in [-0.05, 0) is 29.7 Å². The Morgan fingerprint density at radius 2 is 1.77 bits per heavy atom. The molecule has 0 aliphatic carbocycles. The van der Waals surface area contributed by atoms with Gasteiger partial charge in [-0.1, -0.05) is 48.5 Å². The Labute approximate surface area is 200 Å². The minimum Gasteiger partial charge on any atom is -0.463 e. The van der Waals surface area contributed by atoms with Crippen molar-refractivity contribution in [3.05, 3.63) is 111 Å². The van der Waals surface area contributed by atoms with Crippen LogP contribution in [0.1, 0.15) is 22.3 Å². The predicted octanol–water partition coefficient (Wildman–Crippen LogP) is 3.74. The molecule has 2 heterocycles. The van der Waals surface area contributed by atoms with Crippen LogP contribution >= 0.6 is 0 Å². The van der Waals surface area contributed by atoms with Crippen molar-refractivity contribution in [2.45, 2.75) is 24.9 Å². The van der Waals surface area contributed by atoms with Crippen LogP contribution in [0.4, 0.5) is 4.39 Å². The maximum absolute atomic E-state index is 13.1. The molecular formula is C26H22FN5O3. The quantitative estimate of drug-likeness (QED) is 0.494. The van der Waals surface area contributed by atoms with E-state index < -0.39 is 18.3 Å². The SMILES string of the molecule is N#CC1(C(=O)NCc2ccccc2OCF)N=NC=C1Cc1ccc(Cc2ccc[nH]c2=O)cc1. The molecule has 0 radical (unpaired) electrons. The van der Waals surface area contributed by atoms with Crippen LogP contribution in [0.5, 0.6) is 5.75 Å². The van der Waals surface area contributed by atoms with E-state index in [1.165, 1.54) is 6.20 Å². The number of nitrogens with one attached hydrogen (secondary N) is 2. The van der Waals surface area contributed by atoms with Crippen molar-refractivity contribution >= 4 is 5.91 Å². The fourth-order valence-corrected chi connectivity index (χ4v) is 3.82. The number of halogens is 1. The van der Waals surface area contributed by atoms with Gasteiger partial charge in [-0.15, -0.1) is 0 Å². The molecule has 2 N–H and O–H groups in total. The Kier molecular flexibility index (Phi) is 7.12. The molecule has 1 aromatic heterocycles. The Bertz CT molecular complexity index is 1370. The van der Waals surface area contributed by atoms with Crippen molar-refractivity contribution in [3.8, 4) is 11.8 Å². The van der Waals surface area contributed by atoms with Crippen molar-refractivity contribution in [2.75, 3.05) is 6.86 Å². The summed E-state index contributed by atoms with van der Waals surface area (Å²) in [5, 5.41) is 20.4. The van der Waals surface area contributed by atoms with Gasteiger partial charge in [-0.25, -0.2) is 4.39 Å². The monoisotopic (exact) mass is 471 g/mol. The van der Waals surface area contributed by atoms with Crippen LogP contribution in [-0.2, 0) is 24.2 Å². The first-order chi connectivity index (χ1) is 17.1. The maximum atomic E-state index is 13.1. The molecule has 2 aromatic carbocycles. The zero-order valence-corrected chi connectivity index (χ0v) is 18.7. The zero-order chi connectivity index (χ0) is 24.7. The van der Waals surface area contributed by atoms with E-state index in [-0.39, 0.29) is 12.1 Å². The summed E-state index contributed by atoms with van der Waals surface area (Å²) in [6.45, 7) is -0.955. The third kappa shape index (κ3) is 5.17. The van der Waals surface area contributed by atoms with Gasteiger partial charge in [0.05, 0.1) is 6.20 Å². The van der Waals surface area contributed by atoms with E-state index in [2.05, 4.69) is 20.5 Å². The fourth-order valence-electron chi connectivity index (χ4n) is 3.82. The van der Waals surface area contributed by atoms with Gasteiger partial charge in [0.1, 0.15) is 11.8 Å². The molecule has 176 valence electrons. The van der Waals surface area contributed by atoms with Crippen molar-refractivity contribution in [1.29, 1.82) is 5.26 Å². The first kappa shape index (κ1) is 23.6. The van der Waals surface area contributed by atoms with Gasteiger partial charge in [0.25, 0.3) is 17.0 Å². The predicted molar refractivity (Wildman–Crippen MR) is 126 cm³/mol. The molecule has 0 saturated carbocycles. The molecule has 1 aliphatic heterocycles. The van der Waals surface area contributed by atoms with E-state index in [0.717, 1.165) is 11.1 Å². The van der Waals surface area contributed by atoms with Gasteiger partial charge in [-0.2, -0.15) is 15.5 Å². The number of nitriles is 1. The lowest BCUT2D eigenvalue weighted by Gasteiger charge is -2.20. The maximum Gasteiger partial charge on any atom is 0.269 e. The third-order valence-electron chi connectivity index (χ3n) is 5.71. The molecule has 0 spiro atoms. The first-order valence-corrected chi connectivity index (χ1v) is 10.9. The van der Waals surface area contributed by atoms with E-state index in [0.29, 0.717) is 35.3 Å². The van der Waals surface area contributed by atoms with Crippen molar-refractivity contribution < 1.29 is 13.9 Å². The summed E-state index contributed by atoms with van der Waals surface area (Å²) < 4.78 is 17.6. The van der Waals surface area contributed by atoms with Crippen LogP contribution < -0.4 is 15.6 Å². The fraction of sp³-hybridized carbons (Fsp3) is 0.192. The van der Waals surface area contributed by atoms with Gasteiger partial charge >= 0.3 is 0 Å². The van der Waals surface area contributed by atoms with E-state index >= 15 is 0 Å². The summed E-state index contributed by atoms with van der Waals surface area (Å²) in [4.78, 5) is 27.6. The number of amides is 1. The number of alkyl halides is 1. The smallest absolute Gasteiger partial charge is 0.269 e. The molecule has 8 nitrogen and oxygen atoms in total. The summed E-state index contributed by atoms with van der Waals surface area (Å²) in [5.74, 6) is -0.315. The molecule has 0 saturated heterocycles. The van der Waals surface area contributed by atoms with Crippen LogP contribution in [0.15, 0.2) is 93.7 Å². The summed E-state index contributed by atoms with van der Waals surface area (Å²) in [6.07, 6.45) is 3.80. The lowest BCUT2D eigenvalue weighted by molar-refractivity contribution is -0.123. The highest BCUT2D eigenvalue weighted by Crippen LogP contribution is 2.31. The lowest BCUT2D eigenvalue weighted by atomic mass is 9.87. The third-order valence-corrected chi connectivity index (χ3v) is 5.71. The Morgan fingerprint density at radius 3 is 2.49 bits per heavy atom. The highest BCUT2D eigenvalue weighted by Gasteiger charge is 2.45. The Morgan fingerprint density at radius 1 is 1.06 bits per heavy atom. The number of azo groups is 1. The van der Waals surface area contributed by atoms with E-state index in [1.807, 2.05) is 30.3 Å². The molecule has 1 unspecified atom stereocenters. The van der Waals surface area contributed by atoms with Crippen molar-refractivity contribution in [2.24, 2.45) is 10.2 Å². The number of aromatic amines is 1. The number of pyridine rings is 1. The molecule has 0 bridgehead atoms. The van der Waals surface area contributed by atoms with Gasteiger partial charge in [0.2, 0.25) is 6.86 Å².